The van der Waals surface area contributed by atoms with Gasteiger partial charge in [-0.25, -0.2) is 4.79 Å². The number of thiazole rings is 1. The quantitative estimate of drug-likeness (QED) is 0.794. The fraction of sp³-hybridized carbons (Fsp3) is 0.471. The zero-order valence-electron chi connectivity index (χ0n) is 13.4. The number of carbonyl (C=O) groups excluding carboxylic acids is 2. The molecule has 0 saturated heterocycles. The van der Waals surface area contributed by atoms with Gasteiger partial charge in [0.25, 0.3) is 5.91 Å². The van der Waals surface area contributed by atoms with Crippen LogP contribution >= 0.6 is 11.3 Å². The number of fused-ring (bicyclic) bond motifs is 1. The van der Waals surface area contributed by atoms with Gasteiger partial charge in [0.15, 0.2) is 4.80 Å². The molecule has 1 saturated carbocycles. The Morgan fingerprint density at radius 1 is 1.26 bits per heavy atom. The summed E-state index contributed by atoms with van der Waals surface area (Å²) in [5, 5.41) is 0. The molecule has 6 heteroatoms. The number of aromatic nitrogens is 1. The number of hydrogen-bond acceptors (Lipinski definition) is 4. The molecule has 0 N–H and O–H groups in total. The maximum Gasteiger partial charge on any atom is 0.337 e. The minimum absolute atomic E-state index is 0.0138. The van der Waals surface area contributed by atoms with E-state index in [4.69, 9.17) is 4.74 Å². The minimum atomic E-state index is -0.361. The average molecular weight is 332 g/mol. The van der Waals surface area contributed by atoms with Crippen LogP contribution in [-0.2, 0) is 16.6 Å². The number of ether oxygens (including phenoxy) is 1. The molecular formula is C17H20N2O3S. The Kier molecular flexibility index (Phi) is 4.61. The molecule has 1 aromatic carbocycles. The van der Waals surface area contributed by atoms with E-state index in [1.165, 1.54) is 24.9 Å². The molecular weight excluding hydrogens is 312 g/mol. The molecule has 1 aliphatic rings. The van der Waals surface area contributed by atoms with Gasteiger partial charge in [-0.2, -0.15) is 4.99 Å². The molecule has 1 fully saturated rings. The van der Waals surface area contributed by atoms with E-state index in [-0.39, 0.29) is 17.8 Å². The second-order valence-electron chi connectivity index (χ2n) is 5.90. The summed E-state index contributed by atoms with van der Waals surface area (Å²) in [6.45, 7) is 0. The average Bonchev–Trinajstić information content (AvgIpc) is 2.90. The van der Waals surface area contributed by atoms with Crippen LogP contribution in [0.3, 0.4) is 0 Å². The monoisotopic (exact) mass is 332 g/mol. The van der Waals surface area contributed by atoms with Crippen LogP contribution in [0.15, 0.2) is 23.2 Å². The molecule has 1 heterocycles. The lowest BCUT2D eigenvalue weighted by atomic mass is 9.89. The van der Waals surface area contributed by atoms with Gasteiger partial charge in [-0.3, -0.25) is 4.79 Å². The molecule has 5 nitrogen and oxygen atoms in total. The van der Waals surface area contributed by atoms with Gasteiger partial charge in [0.05, 0.1) is 22.9 Å². The van der Waals surface area contributed by atoms with Crippen molar-refractivity contribution in [3.05, 3.63) is 28.6 Å². The lowest BCUT2D eigenvalue weighted by molar-refractivity contribution is -0.122. The van der Waals surface area contributed by atoms with Crippen molar-refractivity contribution in [1.29, 1.82) is 0 Å². The van der Waals surface area contributed by atoms with Crippen LogP contribution in [0.1, 0.15) is 42.5 Å². The van der Waals surface area contributed by atoms with Gasteiger partial charge >= 0.3 is 5.97 Å². The molecule has 3 rings (SSSR count). The Labute approximate surface area is 138 Å². The lowest BCUT2D eigenvalue weighted by Gasteiger charge is -2.17. The first-order valence-corrected chi connectivity index (χ1v) is 8.68. The number of amides is 1. The number of esters is 1. The Morgan fingerprint density at radius 2 is 2.00 bits per heavy atom. The molecule has 1 aromatic heterocycles. The van der Waals surface area contributed by atoms with Gasteiger partial charge in [-0.1, -0.05) is 30.6 Å². The van der Waals surface area contributed by atoms with Gasteiger partial charge < -0.3 is 9.30 Å². The predicted octanol–water partition coefficient (Wildman–Crippen LogP) is 3.03. The van der Waals surface area contributed by atoms with Gasteiger partial charge in [-0.15, -0.1) is 0 Å². The van der Waals surface area contributed by atoms with Crippen LogP contribution in [0, 0.1) is 5.92 Å². The summed E-state index contributed by atoms with van der Waals surface area (Å²) in [5.41, 5.74) is 1.46. The summed E-state index contributed by atoms with van der Waals surface area (Å²) in [6, 6.07) is 5.38. The standard InChI is InChI=1S/C17H20N2O3S/c1-19-13-9-8-12(16(21)22-2)10-14(13)23-17(19)18-15(20)11-6-4-3-5-7-11/h8-11H,3-7H2,1-2H3. The normalized spacial score (nSPS) is 16.7. The third kappa shape index (κ3) is 3.22. The first-order valence-electron chi connectivity index (χ1n) is 7.86. The van der Waals surface area contributed by atoms with Crippen LogP contribution in [-0.4, -0.2) is 23.6 Å². The molecule has 0 radical (unpaired) electrons. The molecule has 23 heavy (non-hydrogen) atoms. The second kappa shape index (κ2) is 6.66. The Hall–Kier alpha value is -1.95. The molecule has 1 aliphatic carbocycles. The summed E-state index contributed by atoms with van der Waals surface area (Å²) in [6.07, 6.45) is 5.35. The zero-order chi connectivity index (χ0) is 16.4. The maximum atomic E-state index is 12.4. The summed E-state index contributed by atoms with van der Waals surface area (Å²) in [4.78, 5) is 29.0. The summed E-state index contributed by atoms with van der Waals surface area (Å²) in [5.74, 6) is -0.306. The van der Waals surface area contributed by atoms with Gasteiger partial charge in [0.1, 0.15) is 0 Å². The van der Waals surface area contributed by atoms with Crippen LogP contribution in [0.25, 0.3) is 10.2 Å². The van der Waals surface area contributed by atoms with Crippen molar-refractivity contribution in [1.82, 2.24) is 4.57 Å². The number of nitrogens with zero attached hydrogens (tertiary/aromatic N) is 2. The number of methoxy groups -OCH3 is 1. The Bertz CT molecular complexity index is 813. The van der Waals surface area contributed by atoms with Crippen molar-refractivity contribution in [2.45, 2.75) is 32.1 Å². The van der Waals surface area contributed by atoms with Gasteiger partial charge in [-0.05, 0) is 31.0 Å². The van der Waals surface area contributed by atoms with Crippen molar-refractivity contribution in [2.75, 3.05) is 7.11 Å². The van der Waals surface area contributed by atoms with E-state index in [2.05, 4.69) is 4.99 Å². The smallest absolute Gasteiger partial charge is 0.337 e. The maximum absolute atomic E-state index is 12.4. The van der Waals surface area contributed by atoms with Gasteiger partial charge in [0, 0.05) is 13.0 Å². The fourth-order valence-corrected chi connectivity index (χ4v) is 4.08. The first-order chi connectivity index (χ1) is 11.1. The lowest BCUT2D eigenvalue weighted by Crippen LogP contribution is -2.20. The van der Waals surface area contributed by atoms with E-state index in [0.29, 0.717) is 10.4 Å². The van der Waals surface area contributed by atoms with E-state index in [1.807, 2.05) is 17.7 Å². The predicted molar refractivity (Wildman–Crippen MR) is 89.3 cm³/mol. The van der Waals surface area contributed by atoms with Crippen LogP contribution in [0.2, 0.25) is 0 Å². The molecule has 0 atom stereocenters. The van der Waals surface area contributed by atoms with E-state index >= 15 is 0 Å². The molecule has 1 amide bonds. The van der Waals surface area contributed by atoms with Crippen molar-refractivity contribution in [3.8, 4) is 0 Å². The molecule has 0 spiro atoms. The van der Waals surface area contributed by atoms with Crippen LogP contribution in [0.4, 0.5) is 0 Å². The largest absolute Gasteiger partial charge is 0.465 e. The molecule has 0 unspecified atom stereocenters. The van der Waals surface area contributed by atoms with Crippen molar-refractivity contribution < 1.29 is 14.3 Å². The summed E-state index contributed by atoms with van der Waals surface area (Å²) in [7, 11) is 3.26. The topological polar surface area (TPSA) is 60.7 Å². The third-order valence-corrected chi connectivity index (χ3v) is 5.49. The second-order valence-corrected chi connectivity index (χ2v) is 6.91. The minimum Gasteiger partial charge on any atom is -0.465 e. The fourth-order valence-electron chi connectivity index (χ4n) is 3.02. The summed E-state index contributed by atoms with van der Waals surface area (Å²) >= 11 is 1.43. The highest BCUT2D eigenvalue weighted by atomic mass is 32.1. The number of rotatable bonds is 2. The van der Waals surface area contributed by atoms with Crippen molar-refractivity contribution >= 4 is 33.4 Å². The van der Waals surface area contributed by atoms with Crippen molar-refractivity contribution in [3.63, 3.8) is 0 Å². The SMILES string of the molecule is COC(=O)c1ccc2c(c1)sc(=NC(=O)C1CCCCC1)n2C. The van der Waals surface area contributed by atoms with Crippen LogP contribution in [0.5, 0.6) is 0 Å². The highest BCUT2D eigenvalue weighted by molar-refractivity contribution is 7.16. The number of hydrogen-bond donors (Lipinski definition) is 0. The van der Waals surface area contributed by atoms with E-state index < -0.39 is 0 Å². The molecule has 2 aromatic rings. The third-order valence-electron chi connectivity index (χ3n) is 4.39. The summed E-state index contributed by atoms with van der Waals surface area (Å²) < 4.78 is 7.57. The van der Waals surface area contributed by atoms with Gasteiger partial charge in [0.2, 0.25) is 0 Å². The first kappa shape index (κ1) is 15.9. The molecule has 0 bridgehead atoms. The highest BCUT2D eigenvalue weighted by Crippen LogP contribution is 2.25. The number of benzene rings is 1. The molecule has 0 aliphatic heterocycles. The number of aryl methyl sites for hydroxylation is 1. The Morgan fingerprint density at radius 3 is 2.70 bits per heavy atom. The van der Waals surface area contributed by atoms with E-state index in [9.17, 15) is 9.59 Å². The van der Waals surface area contributed by atoms with E-state index in [0.717, 1.165) is 35.9 Å². The van der Waals surface area contributed by atoms with E-state index in [1.54, 1.807) is 12.1 Å². The highest BCUT2D eigenvalue weighted by Gasteiger charge is 2.21. The Balaban J connectivity index is 1.97. The van der Waals surface area contributed by atoms with Crippen molar-refractivity contribution in [2.24, 2.45) is 18.0 Å². The number of carbonyl (C=O) groups is 2. The molecule has 122 valence electrons. The zero-order valence-corrected chi connectivity index (χ0v) is 14.2. The van der Waals surface area contributed by atoms with Crippen LogP contribution < -0.4 is 4.80 Å².